The summed E-state index contributed by atoms with van der Waals surface area (Å²) in [7, 11) is 0. The van der Waals surface area contributed by atoms with Crippen LogP contribution in [-0.2, 0) is 6.54 Å². The van der Waals surface area contributed by atoms with Crippen LogP contribution in [0.25, 0.3) is 10.6 Å². The Morgan fingerprint density at radius 3 is 2.65 bits per heavy atom. The zero-order valence-corrected chi connectivity index (χ0v) is 11.6. The first-order chi connectivity index (χ1) is 8.33. The van der Waals surface area contributed by atoms with Crippen molar-refractivity contribution in [2.45, 2.75) is 18.4 Å². The van der Waals surface area contributed by atoms with Crippen LogP contribution in [-0.4, -0.2) is 23.0 Å². The van der Waals surface area contributed by atoms with Gasteiger partial charge in [0, 0.05) is 17.0 Å². The molecule has 90 valence electrons. The summed E-state index contributed by atoms with van der Waals surface area (Å²) in [6.07, 6.45) is 2.08. The second-order valence-corrected chi connectivity index (χ2v) is 5.45. The van der Waals surface area contributed by atoms with Gasteiger partial charge in [-0.05, 0) is 24.9 Å². The quantitative estimate of drug-likeness (QED) is 0.843. The lowest BCUT2D eigenvalue weighted by atomic mass is 10.2. The summed E-state index contributed by atoms with van der Waals surface area (Å²) in [5.41, 5.74) is 1.14. The maximum atomic E-state index is 4.22. The third-order valence-corrected chi connectivity index (χ3v) is 4.05. The Morgan fingerprint density at radius 1 is 1.24 bits per heavy atom. The van der Waals surface area contributed by atoms with Gasteiger partial charge in [-0.1, -0.05) is 30.4 Å². The molecule has 1 aromatic carbocycles. The average molecular weight is 265 g/mol. The normalized spacial score (nSPS) is 10.7. The summed E-state index contributed by atoms with van der Waals surface area (Å²) in [4.78, 5) is 1.27. The Balaban J connectivity index is 2.12. The Labute approximate surface area is 110 Å². The minimum atomic E-state index is 0.803. The third-order valence-electron chi connectivity index (χ3n) is 2.33. The highest BCUT2D eigenvalue weighted by molar-refractivity contribution is 7.98. The van der Waals surface area contributed by atoms with Crippen LogP contribution < -0.4 is 5.32 Å². The lowest BCUT2D eigenvalue weighted by molar-refractivity contribution is 0.715. The number of nitrogens with zero attached hydrogens (tertiary/aromatic N) is 2. The summed E-state index contributed by atoms with van der Waals surface area (Å²) >= 11 is 3.39. The highest BCUT2D eigenvalue weighted by Crippen LogP contribution is 2.25. The van der Waals surface area contributed by atoms with Crippen LogP contribution in [0.4, 0.5) is 0 Å². The molecule has 2 rings (SSSR count). The molecule has 0 aliphatic carbocycles. The predicted octanol–water partition coefficient (Wildman–Crippen LogP) is 3.04. The van der Waals surface area contributed by atoms with E-state index in [0.717, 1.165) is 28.7 Å². The summed E-state index contributed by atoms with van der Waals surface area (Å²) in [6.45, 7) is 3.84. The van der Waals surface area contributed by atoms with Gasteiger partial charge in [-0.15, -0.1) is 22.0 Å². The molecule has 0 aliphatic rings. The van der Waals surface area contributed by atoms with Crippen LogP contribution in [0.2, 0.25) is 0 Å². The fraction of sp³-hybridized carbons (Fsp3) is 0.333. The number of hydrogen-bond acceptors (Lipinski definition) is 5. The Kier molecular flexibility index (Phi) is 4.53. The highest BCUT2D eigenvalue weighted by atomic mass is 32.2. The third kappa shape index (κ3) is 3.28. The molecular formula is C12H15N3S2. The molecule has 1 N–H and O–H groups in total. The molecule has 0 spiro atoms. The zero-order chi connectivity index (χ0) is 12.1. The number of aromatic nitrogens is 2. The van der Waals surface area contributed by atoms with Crippen LogP contribution in [0.15, 0.2) is 29.2 Å². The minimum Gasteiger partial charge on any atom is -0.311 e. The largest absolute Gasteiger partial charge is 0.311 e. The van der Waals surface area contributed by atoms with Gasteiger partial charge >= 0.3 is 0 Å². The standard InChI is InChI=1S/C12H15N3S2/c1-3-13-8-11-14-15-12(17-11)9-4-6-10(16-2)7-5-9/h4-7,13H,3,8H2,1-2H3. The van der Waals surface area contributed by atoms with Gasteiger partial charge in [-0.3, -0.25) is 0 Å². The molecule has 0 fully saturated rings. The van der Waals surface area contributed by atoms with Crippen LogP contribution in [0.5, 0.6) is 0 Å². The van der Waals surface area contributed by atoms with Crippen LogP contribution in [0, 0.1) is 0 Å². The fourth-order valence-electron chi connectivity index (χ4n) is 1.41. The van der Waals surface area contributed by atoms with Gasteiger partial charge in [0.25, 0.3) is 0 Å². The lowest BCUT2D eigenvalue weighted by Crippen LogP contribution is -2.11. The molecule has 3 nitrogen and oxygen atoms in total. The van der Waals surface area contributed by atoms with E-state index in [1.165, 1.54) is 4.90 Å². The lowest BCUT2D eigenvalue weighted by Gasteiger charge is -1.97. The average Bonchev–Trinajstić information content (AvgIpc) is 2.85. The van der Waals surface area contributed by atoms with Crippen molar-refractivity contribution < 1.29 is 0 Å². The van der Waals surface area contributed by atoms with Gasteiger partial charge in [0.05, 0.1) is 0 Å². The summed E-state index contributed by atoms with van der Waals surface area (Å²) in [6, 6.07) is 8.43. The molecular weight excluding hydrogens is 250 g/mol. The van der Waals surface area contributed by atoms with Gasteiger partial charge in [0.15, 0.2) is 0 Å². The maximum Gasteiger partial charge on any atom is 0.147 e. The molecule has 0 unspecified atom stereocenters. The van der Waals surface area contributed by atoms with E-state index in [9.17, 15) is 0 Å². The van der Waals surface area contributed by atoms with E-state index in [-0.39, 0.29) is 0 Å². The van der Waals surface area contributed by atoms with Crippen LogP contribution >= 0.6 is 23.1 Å². The topological polar surface area (TPSA) is 37.8 Å². The molecule has 0 saturated carbocycles. The van der Waals surface area contributed by atoms with Gasteiger partial charge in [0.2, 0.25) is 0 Å². The molecule has 1 heterocycles. The van der Waals surface area contributed by atoms with Crippen molar-refractivity contribution in [2.75, 3.05) is 12.8 Å². The van der Waals surface area contributed by atoms with E-state index < -0.39 is 0 Å². The number of benzene rings is 1. The molecule has 2 aromatic rings. The van der Waals surface area contributed by atoms with Crippen LogP contribution in [0.3, 0.4) is 0 Å². The van der Waals surface area contributed by atoms with E-state index in [0.29, 0.717) is 0 Å². The number of nitrogens with one attached hydrogen (secondary N) is 1. The predicted molar refractivity (Wildman–Crippen MR) is 74.5 cm³/mol. The first-order valence-electron chi connectivity index (χ1n) is 5.51. The molecule has 1 aromatic heterocycles. The first-order valence-corrected chi connectivity index (χ1v) is 7.55. The van der Waals surface area contributed by atoms with Crippen LogP contribution in [0.1, 0.15) is 11.9 Å². The van der Waals surface area contributed by atoms with Crippen molar-refractivity contribution in [3.63, 3.8) is 0 Å². The second kappa shape index (κ2) is 6.14. The fourth-order valence-corrected chi connectivity index (χ4v) is 2.63. The van der Waals surface area contributed by atoms with Crippen molar-refractivity contribution in [1.82, 2.24) is 15.5 Å². The molecule has 0 bridgehead atoms. The first kappa shape index (κ1) is 12.5. The molecule has 0 amide bonds. The van der Waals surface area contributed by atoms with E-state index in [2.05, 4.69) is 53.0 Å². The summed E-state index contributed by atoms with van der Waals surface area (Å²) in [5.74, 6) is 0. The maximum absolute atomic E-state index is 4.22. The van der Waals surface area contributed by atoms with Crippen molar-refractivity contribution >= 4 is 23.1 Å². The van der Waals surface area contributed by atoms with E-state index in [1.807, 2.05) is 0 Å². The number of rotatable bonds is 5. The van der Waals surface area contributed by atoms with Gasteiger partial charge in [0.1, 0.15) is 10.0 Å². The zero-order valence-electron chi connectivity index (χ0n) is 9.93. The highest BCUT2D eigenvalue weighted by Gasteiger charge is 2.05. The van der Waals surface area contributed by atoms with Crippen molar-refractivity contribution in [3.05, 3.63) is 29.3 Å². The van der Waals surface area contributed by atoms with Crippen molar-refractivity contribution in [3.8, 4) is 10.6 Å². The number of thioether (sulfide) groups is 1. The Hall–Kier alpha value is -0.910. The molecule has 0 saturated heterocycles. The second-order valence-electron chi connectivity index (χ2n) is 3.51. The van der Waals surface area contributed by atoms with Gasteiger partial charge < -0.3 is 5.32 Å². The van der Waals surface area contributed by atoms with E-state index in [1.54, 1.807) is 23.1 Å². The molecule has 17 heavy (non-hydrogen) atoms. The minimum absolute atomic E-state index is 0.803. The molecule has 0 aliphatic heterocycles. The monoisotopic (exact) mass is 265 g/mol. The molecule has 5 heteroatoms. The van der Waals surface area contributed by atoms with E-state index >= 15 is 0 Å². The Bertz CT molecular complexity index is 465. The van der Waals surface area contributed by atoms with E-state index in [4.69, 9.17) is 0 Å². The Morgan fingerprint density at radius 2 is 2.00 bits per heavy atom. The molecule has 0 radical (unpaired) electrons. The van der Waals surface area contributed by atoms with Crippen molar-refractivity contribution in [2.24, 2.45) is 0 Å². The molecule has 0 atom stereocenters. The number of hydrogen-bond donors (Lipinski definition) is 1. The van der Waals surface area contributed by atoms with Crippen molar-refractivity contribution in [1.29, 1.82) is 0 Å². The smallest absolute Gasteiger partial charge is 0.147 e. The SMILES string of the molecule is CCNCc1nnc(-c2ccc(SC)cc2)s1. The van der Waals surface area contributed by atoms with Gasteiger partial charge in [-0.25, -0.2) is 0 Å². The summed E-state index contributed by atoms with van der Waals surface area (Å²) < 4.78 is 0. The van der Waals surface area contributed by atoms with Gasteiger partial charge in [-0.2, -0.15) is 0 Å². The summed E-state index contributed by atoms with van der Waals surface area (Å²) in [5, 5.41) is 13.7.